The quantitative estimate of drug-likeness (QED) is 0.261. The van der Waals surface area contributed by atoms with Gasteiger partial charge in [-0.1, -0.05) is 12.1 Å². The molecule has 2 amide bonds. The van der Waals surface area contributed by atoms with Crippen LogP contribution in [0.15, 0.2) is 57.9 Å². The fourth-order valence-electron chi connectivity index (χ4n) is 5.06. The predicted molar refractivity (Wildman–Crippen MR) is 138 cm³/mol. The Bertz CT molecular complexity index is 1870. The van der Waals surface area contributed by atoms with Crippen LogP contribution in [-0.2, 0) is 13.0 Å². The molecule has 4 N–H and O–H groups in total. The first-order valence-corrected chi connectivity index (χ1v) is 12.2. The topological polar surface area (TPSA) is 172 Å². The van der Waals surface area contributed by atoms with Gasteiger partial charge in [-0.2, -0.15) is 5.10 Å². The molecule has 0 saturated heterocycles. The van der Waals surface area contributed by atoms with E-state index in [-0.39, 0.29) is 29.5 Å². The summed E-state index contributed by atoms with van der Waals surface area (Å²) in [5.41, 5.74) is 4.91. The first-order valence-electron chi connectivity index (χ1n) is 12.2. The summed E-state index contributed by atoms with van der Waals surface area (Å²) in [7, 11) is 0. The van der Waals surface area contributed by atoms with Crippen molar-refractivity contribution in [3.05, 3.63) is 98.4 Å². The van der Waals surface area contributed by atoms with Crippen LogP contribution < -0.4 is 16.4 Å². The number of nitrogens with zero attached hydrogens (tertiary/aromatic N) is 3. The number of rotatable bonds is 6. The van der Waals surface area contributed by atoms with Crippen LogP contribution in [0.2, 0.25) is 0 Å². The van der Waals surface area contributed by atoms with Gasteiger partial charge < -0.3 is 20.2 Å². The lowest BCUT2D eigenvalue weighted by molar-refractivity contribution is 0.0695. The van der Waals surface area contributed by atoms with Gasteiger partial charge in [-0.05, 0) is 60.2 Å². The van der Waals surface area contributed by atoms with Crippen molar-refractivity contribution in [3.8, 4) is 0 Å². The van der Waals surface area contributed by atoms with Gasteiger partial charge in [0.05, 0.1) is 23.3 Å². The Labute approximate surface area is 219 Å². The van der Waals surface area contributed by atoms with Gasteiger partial charge in [-0.15, -0.1) is 0 Å². The maximum Gasteiger partial charge on any atom is 0.417 e. The van der Waals surface area contributed by atoms with Crippen LogP contribution in [0.5, 0.6) is 0 Å². The van der Waals surface area contributed by atoms with Crippen molar-refractivity contribution in [1.29, 1.82) is 0 Å². The number of H-pyrrole nitrogens is 1. The van der Waals surface area contributed by atoms with Crippen molar-refractivity contribution in [2.75, 3.05) is 0 Å². The van der Waals surface area contributed by atoms with Gasteiger partial charge in [0, 0.05) is 18.7 Å². The molecule has 0 spiro atoms. The number of aromatic nitrogens is 4. The van der Waals surface area contributed by atoms with E-state index in [2.05, 4.69) is 25.7 Å². The lowest BCUT2D eigenvalue weighted by Gasteiger charge is -2.16. The van der Waals surface area contributed by atoms with E-state index in [4.69, 9.17) is 4.42 Å². The first kappa shape index (κ1) is 24.1. The van der Waals surface area contributed by atoms with Crippen LogP contribution in [0.1, 0.15) is 66.1 Å². The number of fused-ring (bicyclic) bond motifs is 3. The van der Waals surface area contributed by atoms with Crippen molar-refractivity contribution < 1.29 is 23.9 Å². The zero-order valence-corrected chi connectivity index (χ0v) is 20.6. The molecule has 0 saturated carbocycles. The number of carbonyl (C=O) groups is 3. The minimum Gasteiger partial charge on any atom is -0.478 e. The van der Waals surface area contributed by atoms with Crippen LogP contribution >= 0.6 is 0 Å². The normalized spacial score (nSPS) is 14.4. The molecule has 1 aliphatic carbocycles. The Hall–Kier alpha value is -5.26. The largest absolute Gasteiger partial charge is 0.478 e. The molecular weight excluding hydrogens is 504 g/mol. The van der Waals surface area contributed by atoms with Gasteiger partial charge >= 0.3 is 11.7 Å². The van der Waals surface area contributed by atoms with E-state index in [1.54, 1.807) is 43.3 Å². The fourth-order valence-corrected chi connectivity index (χ4v) is 5.06. The average molecular weight is 527 g/mol. The van der Waals surface area contributed by atoms with Crippen LogP contribution in [0, 0.1) is 6.92 Å². The Kier molecular flexibility index (Phi) is 5.71. The summed E-state index contributed by atoms with van der Waals surface area (Å²) in [5.74, 6) is -2.48. The van der Waals surface area contributed by atoms with Gasteiger partial charge in [0.2, 0.25) is 0 Å². The minimum absolute atomic E-state index is 0.0381. The molecule has 3 heterocycles. The van der Waals surface area contributed by atoms with Crippen LogP contribution in [0.25, 0.3) is 16.7 Å². The van der Waals surface area contributed by atoms with Gasteiger partial charge in [0.25, 0.3) is 11.8 Å². The van der Waals surface area contributed by atoms with Gasteiger partial charge in [0.1, 0.15) is 11.4 Å². The number of amides is 2. The molecule has 196 valence electrons. The lowest BCUT2D eigenvalue weighted by Crippen LogP contribution is -2.30. The molecule has 1 atom stereocenters. The number of hydrogen-bond acceptors (Lipinski definition) is 7. The molecular formula is C27H22N6O6. The van der Waals surface area contributed by atoms with Gasteiger partial charge in [-0.3, -0.25) is 14.6 Å². The number of carboxylic acids is 1. The Morgan fingerprint density at radius 3 is 2.82 bits per heavy atom. The zero-order chi connectivity index (χ0) is 27.3. The first-order chi connectivity index (χ1) is 18.8. The predicted octanol–water partition coefficient (Wildman–Crippen LogP) is 2.52. The zero-order valence-electron chi connectivity index (χ0n) is 20.6. The molecule has 0 fully saturated rings. The summed E-state index contributed by atoms with van der Waals surface area (Å²) in [6.45, 7) is 1.92. The van der Waals surface area contributed by atoms with E-state index >= 15 is 0 Å². The number of oxazole rings is 1. The lowest BCUT2D eigenvalue weighted by atomic mass is 9.98. The van der Waals surface area contributed by atoms with Crippen LogP contribution in [0.3, 0.4) is 0 Å². The van der Waals surface area contributed by atoms with Crippen LogP contribution in [0.4, 0.5) is 0 Å². The second-order valence-corrected chi connectivity index (χ2v) is 9.33. The van der Waals surface area contributed by atoms with Crippen molar-refractivity contribution in [2.45, 2.75) is 32.4 Å². The summed E-state index contributed by atoms with van der Waals surface area (Å²) in [6.07, 6.45) is 2.76. The summed E-state index contributed by atoms with van der Waals surface area (Å²) in [4.78, 5) is 56.2. The highest BCUT2D eigenvalue weighted by molar-refractivity contribution is 5.98. The fraction of sp³-hybridized carbons (Fsp3) is 0.185. The SMILES string of the molecule is Cc1c(C(=O)O)ccc2c1CC[C@@H]2NC(=O)c1cc(C(=O)NCc2ccc3[nH]c(=O)oc3c2)nc2ccnn12. The molecule has 2 aromatic carbocycles. The Balaban J connectivity index is 1.23. The highest BCUT2D eigenvalue weighted by Crippen LogP contribution is 2.35. The van der Waals surface area contributed by atoms with E-state index < -0.39 is 23.5 Å². The van der Waals surface area contributed by atoms with Crippen molar-refractivity contribution in [1.82, 2.24) is 30.2 Å². The highest BCUT2D eigenvalue weighted by Gasteiger charge is 2.28. The summed E-state index contributed by atoms with van der Waals surface area (Å²) in [5, 5.41) is 19.4. The molecule has 5 aromatic rings. The van der Waals surface area contributed by atoms with E-state index in [1.165, 1.54) is 16.8 Å². The molecule has 12 nitrogen and oxygen atoms in total. The van der Waals surface area contributed by atoms with E-state index in [1.807, 2.05) is 0 Å². The number of aromatic carboxylic acids is 1. The molecule has 3 aromatic heterocycles. The van der Waals surface area contributed by atoms with E-state index in [0.29, 0.717) is 40.7 Å². The van der Waals surface area contributed by atoms with Gasteiger partial charge in [-0.25, -0.2) is 19.1 Å². The standard InChI is InChI=1S/C27H22N6O6/c1-13-15-5-7-18(17(15)4-3-16(13)26(36)37)31-25(35)21-11-20(30-23-8-9-29-33(21)23)24(34)28-12-14-2-6-19-22(10-14)39-27(38)32-19/h2-4,6,8-11,18H,5,7,12H2,1H3,(H,28,34)(H,31,35)(H,32,38)(H,36,37)/t18-/m0/s1. The summed E-state index contributed by atoms with van der Waals surface area (Å²) >= 11 is 0. The van der Waals surface area contributed by atoms with Crippen LogP contribution in [-0.4, -0.2) is 42.5 Å². The molecule has 39 heavy (non-hydrogen) atoms. The van der Waals surface area contributed by atoms with Crippen molar-refractivity contribution >= 4 is 34.5 Å². The Morgan fingerprint density at radius 1 is 1.15 bits per heavy atom. The highest BCUT2D eigenvalue weighted by atomic mass is 16.4. The monoisotopic (exact) mass is 526 g/mol. The molecule has 12 heteroatoms. The molecule has 0 radical (unpaired) electrons. The second kappa shape index (κ2) is 9.24. The van der Waals surface area contributed by atoms with Crippen molar-refractivity contribution in [2.24, 2.45) is 0 Å². The minimum atomic E-state index is -0.983. The van der Waals surface area contributed by atoms with E-state index in [9.17, 15) is 24.3 Å². The number of nitrogens with one attached hydrogen (secondary N) is 3. The maximum absolute atomic E-state index is 13.4. The summed E-state index contributed by atoms with van der Waals surface area (Å²) in [6, 6.07) is 11.1. The molecule has 0 unspecified atom stereocenters. The molecule has 6 rings (SSSR count). The number of carbonyl (C=O) groups excluding carboxylic acids is 2. The third-order valence-electron chi connectivity index (χ3n) is 6.99. The molecule has 1 aliphatic rings. The number of benzene rings is 2. The number of aromatic amines is 1. The third-order valence-corrected chi connectivity index (χ3v) is 6.99. The molecule has 0 aliphatic heterocycles. The maximum atomic E-state index is 13.4. The Morgan fingerprint density at radius 2 is 2.00 bits per heavy atom. The van der Waals surface area contributed by atoms with E-state index in [0.717, 1.165) is 11.1 Å². The number of carboxylic acid groups (broad SMARTS) is 1. The smallest absolute Gasteiger partial charge is 0.417 e. The van der Waals surface area contributed by atoms with Gasteiger partial charge in [0.15, 0.2) is 11.2 Å². The van der Waals surface area contributed by atoms with Crippen molar-refractivity contribution in [3.63, 3.8) is 0 Å². The molecule has 0 bridgehead atoms. The number of hydrogen-bond donors (Lipinski definition) is 4. The third kappa shape index (κ3) is 4.31. The average Bonchev–Trinajstić information content (AvgIpc) is 3.64. The second-order valence-electron chi connectivity index (χ2n) is 9.33. The summed E-state index contributed by atoms with van der Waals surface area (Å²) < 4.78 is 6.43.